The lowest BCUT2D eigenvalue weighted by Crippen LogP contribution is -2.11. The van der Waals surface area contributed by atoms with E-state index in [1.165, 1.54) is 11.1 Å². The van der Waals surface area contributed by atoms with Gasteiger partial charge in [-0.3, -0.25) is 0 Å². The van der Waals surface area contributed by atoms with Gasteiger partial charge in [0, 0.05) is 44.0 Å². The van der Waals surface area contributed by atoms with Crippen molar-refractivity contribution in [3.05, 3.63) is 161 Å². The van der Waals surface area contributed by atoms with Gasteiger partial charge in [0.1, 0.15) is 11.0 Å². The highest BCUT2D eigenvalue weighted by molar-refractivity contribution is 7.00. The molecular weight excluding hydrogens is 623 g/mol. The van der Waals surface area contributed by atoms with Crippen LogP contribution in [0.25, 0.3) is 43.7 Å². The van der Waals surface area contributed by atoms with Crippen molar-refractivity contribution >= 4 is 67.3 Å². The molecule has 0 radical (unpaired) electrons. The molecule has 0 bridgehead atoms. The standard InChI is InChI=1S/C43H29N3O2S/c1-27-11-21-32(22-12-27)46(33-23-13-28(2)14-24-33)42-38-9-5-3-7-35(38)37(36-8-4-6-10-39(36)42)26-20-30-19-25-34(41-40(30)44-49-45-41)29-15-17-31(18-16-29)43(47)48/h3-19,21-25H,1-2H3,(H,47,48). The second-order valence-corrected chi connectivity index (χ2v) is 12.6. The van der Waals surface area contributed by atoms with E-state index in [9.17, 15) is 9.90 Å². The van der Waals surface area contributed by atoms with Crippen molar-refractivity contribution in [3.63, 3.8) is 0 Å². The first-order valence-electron chi connectivity index (χ1n) is 15.9. The minimum Gasteiger partial charge on any atom is -0.478 e. The second kappa shape index (κ2) is 12.4. The monoisotopic (exact) mass is 651 g/mol. The van der Waals surface area contributed by atoms with Gasteiger partial charge in [-0.05, 0) is 61.9 Å². The number of carbonyl (C=O) groups is 1. The number of carboxylic acid groups (broad SMARTS) is 1. The van der Waals surface area contributed by atoms with Crippen molar-refractivity contribution in [3.8, 4) is 23.0 Å². The zero-order chi connectivity index (χ0) is 33.5. The first kappa shape index (κ1) is 30.1. The van der Waals surface area contributed by atoms with E-state index in [1.807, 2.05) is 12.1 Å². The molecule has 5 nitrogen and oxygen atoms in total. The average Bonchev–Trinajstić information content (AvgIpc) is 3.63. The highest BCUT2D eigenvalue weighted by Crippen LogP contribution is 2.45. The molecule has 0 saturated carbocycles. The summed E-state index contributed by atoms with van der Waals surface area (Å²) in [6.07, 6.45) is 0. The van der Waals surface area contributed by atoms with Crippen LogP contribution in [-0.2, 0) is 0 Å². The van der Waals surface area contributed by atoms with E-state index in [1.54, 1.807) is 24.3 Å². The summed E-state index contributed by atoms with van der Waals surface area (Å²) in [5, 5.41) is 13.7. The fourth-order valence-electron chi connectivity index (χ4n) is 6.40. The molecule has 0 aliphatic heterocycles. The highest BCUT2D eigenvalue weighted by atomic mass is 32.1. The molecule has 1 heterocycles. The van der Waals surface area contributed by atoms with Gasteiger partial charge in [-0.15, -0.1) is 0 Å². The largest absolute Gasteiger partial charge is 0.478 e. The topological polar surface area (TPSA) is 66.3 Å². The summed E-state index contributed by atoms with van der Waals surface area (Å²) >= 11 is 1.15. The molecule has 7 aromatic carbocycles. The predicted octanol–water partition coefficient (Wildman–Crippen LogP) is 10.8. The quantitative estimate of drug-likeness (QED) is 0.148. The molecule has 0 fully saturated rings. The molecule has 0 unspecified atom stereocenters. The van der Waals surface area contributed by atoms with E-state index in [2.05, 4.69) is 136 Å². The van der Waals surface area contributed by atoms with Crippen LogP contribution in [0.1, 0.15) is 32.6 Å². The number of nitrogens with zero attached hydrogens (tertiary/aromatic N) is 3. The number of fused-ring (bicyclic) bond motifs is 3. The number of carboxylic acids is 1. The van der Waals surface area contributed by atoms with E-state index in [4.69, 9.17) is 0 Å². The Labute approximate surface area is 288 Å². The molecule has 0 spiro atoms. The number of aryl methyl sites for hydroxylation is 2. The number of hydrogen-bond acceptors (Lipinski definition) is 5. The zero-order valence-corrected chi connectivity index (χ0v) is 27.6. The maximum absolute atomic E-state index is 11.4. The summed E-state index contributed by atoms with van der Waals surface area (Å²) in [6.45, 7) is 4.22. The molecule has 0 saturated heterocycles. The van der Waals surface area contributed by atoms with Gasteiger partial charge in [0.2, 0.25) is 0 Å². The molecular formula is C43H29N3O2S. The van der Waals surface area contributed by atoms with Crippen LogP contribution >= 0.6 is 11.7 Å². The Morgan fingerprint density at radius 1 is 0.612 bits per heavy atom. The van der Waals surface area contributed by atoms with E-state index >= 15 is 0 Å². The summed E-state index contributed by atoms with van der Waals surface area (Å²) in [5.74, 6) is 6.08. The molecule has 0 aliphatic rings. The van der Waals surface area contributed by atoms with Crippen LogP contribution in [0.4, 0.5) is 17.1 Å². The smallest absolute Gasteiger partial charge is 0.335 e. The van der Waals surface area contributed by atoms with Crippen LogP contribution in [0.3, 0.4) is 0 Å². The fraction of sp³-hybridized carbons (Fsp3) is 0.0465. The lowest BCUT2D eigenvalue weighted by Gasteiger charge is -2.29. The van der Waals surface area contributed by atoms with E-state index in [0.29, 0.717) is 0 Å². The Balaban J connectivity index is 1.32. The van der Waals surface area contributed by atoms with Crippen LogP contribution in [0.2, 0.25) is 0 Å². The molecule has 49 heavy (non-hydrogen) atoms. The number of aromatic nitrogens is 2. The second-order valence-electron chi connectivity index (χ2n) is 12.1. The van der Waals surface area contributed by atoms with E-state index in [-0.39, 0.29) is 5.56 Å². The summed E-state index contributed by atoms with van der Waals surface area (Å²) in [5.41, 5.74) is 10.9. The summed E-state index contributed by atoms with van der Waals surface area (Å²) in [6, 6.07) is 45.2. The normalized spacial score (nSPS) is 11.1. The number of benzene rings is 7. The van der Waals surface area contributed by atoms with Gasteiger partial charge in [0.25, 0.3) is 0 Å². The van der Waals surface area contributed by atoms with Crippen molar-refractivity contribution in [1.82, 2.24) is 8.75 Å². The molecule has 0 aliphatic carbocycles. The van der Waals surface area contributed by atoms with Gasteiger partial charge in [0.05, 0.1) is 28.5 Å². The van der Waals surface area contributed by atoms with Gasteiger partial charge in [-0.2, -0.15) is 8.75 Å². The van der Waals surface area contributed by atoms with Crippen molar-refractivity contribution in [2.75, 3.05) is 4.90 Å². The SMILES string of the molecule is Cc1ccc(N(c2ccc(C)cc2)c2c3ccccc3c(C#Cc3ccc(-c4ccc(C(=O)O)cc4)c4nsnc34)c3ccccc23)cc1. The number of anilines is 3. The number of rotatable bonds is 5. The van der Waals surface area contributed by atoms with Gasteiger partial charge >= 0.3 is 5.97 Å². The third-order valence-electron chi connectivity index (χ3n) is 8.89. The Bertz CT molecular complexity index is 2490. The zero-order valence-electron chi connectivity index (χ0n) is 26.8. The van der Waals surface area contributed by atoms with Gasteiger partial charge in [-0.1, -0.05) is 114 Å². The van der Waals surface area contributed by atoms with Crippen LogP contribution in [0, 0.1) is 25.7 Å². The lowest BCUT2D eigenvalue weighted by atomic mass is 9.93. The van der Waals surface area contributed by atoms with E-state index < -0.39 is 5.97 Å². The third kappa shape index (κ3) is 5.46. The minimum atomic E-state index is -0.955. The molecule has 0 amide bonds. The van der Waals surface area contributed by atoms with Crippen LogP contribution in [0.5, 0.6) is 0 Å². The molecule has 0 atom stereocenters. The summed E-state index contributed by atoms with van der Waals surface area (Å²) < 4.78 is 9.24. The molecule has 1 N–H and O–H groups in total. The van der Waals surface area contributed by atoms with Gasteiger partial charge in [0.15, 0.2) is 0 Å². The molecule has 8 aromatic rings. The first-order valence-corrected chi connectivity index (χ1v) is 16.7. The average molecular weight is 652 g/mol. The summed E-state index contributed by atoms with van der Waals surface area (Å²) in [7, 11) is 0. The molecule has 1 aromatic heterocycles. The van der Waals surface area contributed by atoms with Gasteiger partial charge in [-0.25, -0.2) is 4.79 Å². The number of aromatic carboxylic acids is 1. The molecule has 6 heteroatoms. The summed E-state index contributed by atoms with van der Waals surface area (Å²) in [4.78, 5) is 13.7. The minimum absolute atomic E-state index is 0.241. The van der Waals surface area contributed by atoms with Crippen LogP contribution in [-0.4, -0.2) is 19.8 Å². The van der Waals surface area contributed by atoms with Gasteiger partial charge < -0.3 is 10.0 Å². The Morgan fingerprint density at radius 2 is 1.14 bits per heavy atom. The maximum atomic E-state index is 11.4. The van der Waals surface area contributed by atoms with Crippen molar-refractivity contribution < 1.29 is 9.90 Å². The molecule has 8 rings (SSSR count). The lowest BCUT2D eigenvalue weighted by molar-refractivity contribution is 0.0697. The molecule has 234 valence electrons. The Hall–Kier alpha value is -6.29. The van der Waals surface area contributed by atoms with Crippen molar-refractivity contribution in [1.29, 1.82) is 0 Å². The Kier molecular flexibility index (Phi) is 7.60. The Morgan fingerprint density at radius 3 is 1.69 bits per heavy atom. The van der Waals surface area contributed by atoms with E-state index in [0.717, 1.165) is 83.6 Å². The fourth-order valence-corrected chi connectivity index (χ4v) is 6.97. The van der Waals surface area contributed by atoms with Crippen LogP contribution in [0.15, 0.2) is 133 Å². The maximum Gasteiger partial charge on any atom is 0.335 e. The van der Waals surface area contributed by atoms with Crippen molar-refractivity contribution in [2.45, 2.75) is 13.8 Å². The first-order chi connectivity index (χ1) is 24.0. The highest BCUT2D eigenvalue weighted by Gasteiger charge is 2.21. The van der Waals surface area contributed by atoms with Crippen molar-refractivity contribution in [2.24, 2.45) is 0 Å². The third-order valence-corrected chi connectivity index (χ3v) is 9.42. The predicted molar refractivity (Wildman–Crippen MR) is 201 cm³/mol. The number of hydrogen-bond donors (Lipinski definition) is 1. The van der Waals surface area contributed by atoms with Crippen LogP contribution < -0.4 is 4.90 Å².